The Balaban J connectivity index is 1.64. The van der Waals surface area contributed by atoms with E-state index in [4.69, 9.17) is 4.74 Å². The van der Waals surface area contributed by atoms with Crippen LogP contribution in [-0.4, -0.2) is 18.6 Å². The number of rotatable bonds is 4. The first-order valence-electron chi connectivity index (χ1n) is 8.15. The van der Waals surface area contributed by atoms with Crippen molar-refractivity contribution in [3.05, 3.63) is 64.2 Å². The second-order valence-electron chi connectivity index (χ2n) is 6.44. The lowest BCUT2D eigenvalue weighted by Crippen LogP contribution is -2.34. The van der Waals surface area contributed by atoms with E-state index in [1.165, 1.54) is 16.7 Å². The highest BCUT2D eigenvalue weighted by Gasteiger charge is 2.15. The van der Waals surface area contributed by atoms with Gasteiger partial charge in [0.1, 0.15) is 5.75 Å². The minimum atomic E-state index is -0.000469. The van der Waals surface area contributed by atoms with Crippen LogP contribution in [-0.2, 0) is 12.8 Å². The molecule has 1 aliphatic rings. The van der Waals surface area contributed by atoms with Gasteiger partial charge in [-0.05, 0) is 56.0 Å². The van der Waals surface area contributed by atoms with Gasteiger partial charge in [0, 0.05) is 18.0 Å². The van der Waals surface area contributed by atoms with Gasteiger partial charge < -0.3 is 10.1 Å². The van der Waals surface area contributed by atoms with Gasteiger partial charge >= 0.3 is 0 Å². The number of carbonyl (C=O) groups is 1. The summed E-state index contributed by atoms with van der Waals surface area (Å²) in [5, 5.41) is 3.10. The molecule has 2 aromatic rings. The first-order valence-corrected chi connectivity index (χ1v) is 8.15. The molecule has 3 heteroatoms. The van der Waals surface area contributed by atoms with Crippen LogP contribution in [0.2, 0.25) is 0 Å². The molecule has 0 radical (unpaired) electrons. The first kappa shape index (κ1) is 15.6. The van der Waals surface area contributed by atoms with Crippen LogP contribution in [0.15, 0.2) is 36.4 Å². The maximum atomic E-state index is 12.4. The van der Waals surface area contributed by atoms with E-state index in [9.17, 15) is 4.79 Å². The van der Waals surface area contributed by atoms with E-state index in [0.717, 1.165) is 36.3 Å². The fourth-order valence-corrected chi connectivity index (χ4v) is 3.14. The Hall–Kier alpha value is -2.29. The second-order valence-corrected chi connectivity index (χ2v) is 6.44. The van der Waals surface area contributed by atoms with Crippen molar-refractivity contribution in [2.75, 3.05) is 6.61 Å². The highest BCUT2D eigenvalue weighted by atomic mass is 16.5. The number of nitrogens with one attached hydrogen (secondary N) is 1. The van der Waals surface area contributed by atoms with E-state index in [0.29, 0.717) is 0 Å². The summed E-state index contributed by atoms with van der Waals surface area (Å²) in [6, 6.07) is 12.3. The number of aryl methyl sites for hydroxylation is 2. The highest BCUT2D eigenvalue weighted by Crippen LogP contribution is 2.26. The number of hydrogen-bond acceptors (Lipinski definition) is 2. The minimum absolute atomic E-state index is 0.000469. The number of carbonyl (C=O) groups excluding carboxylic acids is 1. The summed E-state index contributed by atoms with van der Waals surface area (Å²) in [5.41, 5.74) is 5.46. The van der Waals surface area contributed by atoms with Crippen LogP contribution in [0.3, 0.4) is 0 Å². The SMILES string of the molecule is Cc1ccc(C(=O)NC(C)Cc2ccc3c(c2)CCO3)c(C)c1. The normalized spacial score (nSPS) is 14.0. The van der Waals surface area contributed by atoms with Crippen molar-refractivity contribution in [3.8, 4) is 5.75 Å². The quantitative estimate of drug-likeness (QED) is 0.937. The first-order chi connectivity index (χ1) is 11.0. The van der Waals surface area contributed by atoms with Crippen molar-refractivity contribution in [1.82, 2.24) is 5.32 Å². The van der Waals surface area contributed by atoms with Gasteiger partial charge in [0.25, 0.3) is 5.91 Å². The Morgan fingerprint density at radius 1 is 1.22 bits per heavy atom. The summed E-state index contributed by atoms with van der Waals surface area (Å²) in [6.07, 6.45) is 1.80. The predicted molar refractivity (Wildman–Crippen MR) is 92.2 cm³/mol. The van der Waals surface area contributed by atoms with Gasteiger partial charge in [-0.25, -0.2) is 0 Å². The van der Waals surface area contributed by atoms with Crippen LogP contribution in [0.25, 0.3) is 0 Å². The van der Waals surface area contributed by atoms with E-state index >= 15 is 0 Å². The molecule has 0 spiro atoms. The average molecular weight is 309 g/mol. The Kier molecular flexibility index (Phi) is 4.37. The van der Waals surface area contributed by atoms with Gasteiger partial charge in [0.2, 0.25) is 0 Å². The Labute approximate surface area is 137 Å². The second kappa shape index (κ2) is 6.45. The van der Waals surface area contributed by atoms with Crippen molar-refractivity contribution < 1.29 is 9.53 Å². The molecule has 1 heterocycles. The number of hydrogen-bond donors (Lipinski definition) is 1. The van der Waals surface area contributed by atoms with E-state index in [1.54, 1.807) is 0 Å². The van der Waals surface area contributed by atoms with Gasteiger partial charge in [0.05, 0.1) is 6.61 Å². The van der Waals surface area contributed by atoms with Crippen LogP contribution in [0.5, 0.6) is 5.75 Å². The zero-order chi connectivity index (χ0) is 16.4. The van der Waals surface area contributed by atoms with Gasteiger partial charge in [0.15, 0.2) is 0 Å². The third-order valence-electron chi connectivity index (χ3n) is 4.30. The summed E-state index contributed by atoms with van der Waals surface area (Å²) >= 11 is 0. The summed E-state index contributed by atoms with van der Waals surface area (Å²) < 4.78 is 5.53. The molecular formula is C20H23NO2. The van der Waals surface area contributed by atoms with Gasteiger partial charge in [-0.2, -0.15) is 0 Å². The van der Waals surface area contributed by atoms with Gasteiger partial charge in [-0.15, -0.1) is 0 Å². The molecule has 1 N–H and O–H groups in total. The summed E-state index contributed by atoms with van der Waals surface area (Å²) in [6.45, 7) is 6.84. The Bertz CT molecular complexity index is 736. The maximum Gasteiger partial charge on any atom is 0.251 e. The fraction of sp³-hybridized carbons (Fsp3) is 0.350. The number of benzene rings is 2. The lowest BCUT2D eigenvalue weighted by Gasteiger charge is -2.16. The molecular weight excluding hydrogens is 286 g/mol. The van der Waals surface area contributed by atoms with E-state index in [1.807, 2.05) is 45.0 Å². The summed E-state index contributed by atoms with van der Waals surface area (Å²) in [7, 11) is 0. The molecule has 1 amide bonds. The van der Waals surface area contributed by atoms with E-state index < -0.39 is 0 Å². The van der Waals surface area contributed by atoms with Gasteiger partial charge in [-0.1, -0.05) is 29.8 Å². The fourth-order valence-electron chi connectivity index (χ4n) is 3.14. The molecule has 1 atom stereocenters. The van der Waals surface area contributed by atoms with E-state index in [2.05, 4.69) is 17.4 Å². The van der Waals surface area contributed by atoms with Crippen LogP contribution < -0.4 is 10.1 Å². The number of amides is 1. The van der Waals surface area contributed by atoms with Crippen LogP contribution >= 0.6 is 0 Å². The molecule has 1 unspecified atom stereocenters. The molecule has 120 valence electrons. The molecule has 3 nitrogen and oxygen atoms in total. The van der Waals surface area contributed by atoms with Crippen molar-refractivity contribution in [3.63, 3.8) is 0 Å². The third kappa shape index (κ3) is 3.55. The Morgan fingerprint density at radius 2 is 2.04 bits per heavy atom. The van der Waals surface area contributed by atoms with Crippen LogP contribution in [0, 0.1) is 13.8 Å². The summed E-state index contributed by atoms with van der Waals surface area (Å²) in [4.78, 5) is 12.4. The average Bonchev–Trinajstić information content (AvgIpc) is 2.94. The molecule has 23 heavy (non-hydrogen) atoms. The lowest BCUT2D eigenvalue weighted by molar-refractivity contribution is 0.0939. The summed E-state index contributed by atoms with van der Waals surface area (Å²) in [5.74, 6) is 1.00. The lowest BCUT2D eigenvalue weighted by atomic mass is 10.0. The highest BCUT2D eigenvalue weighted by molar-refractivity contribution is 5.95. The monoisotopic (exact) mass is 309 g/mol. The molecule has 0 saturated carbocycles. The molecule has 0 aromatic heterocycles. The molecule has 0 fully saturated rings. The molecule has 3 rings (SSSR count). The smallest absolute Gasteiger partial charge is 0.251 e. The van der Waals surface area contributed by atoms with Crippen molar-refractivity contribution >= 4 is 5.91 Å². The molecule has 1 aliphatic heterocycles. The molecule has 0 aliphatic carbocycles. The minimum Gasteiger partial charge on any atom is -0.493 e. The topological polar surface area (TPSA) is 38.3 Å². The third-order valence-corrected chi connectivity index (χ3v) is 4.30. The molecule has 2 aromatic carbocycles. The van der Waals surface area contributed by atoms with Crippen molar-refractivity contribution in [2.24, 2.45) is 0 Å². The number of ether oxygens (including phenoxy) is 1. The maximum absolute atomic E-state index is 12.4. The van der Waals surface area contributed by atoms with Crippen molar-refractivity contribution in [2.45, 2.75) is 39.7 Å². The predicted octanol–water partition coefficient (Wildman–Crippen LogP) is 3.60. The van der Waals surface area contributed by atoms with Gasteiger partial charge in [-0.3, -0.25) is 4.79 Å². The standard InChI is InChI=1S/C20H23NO2/c1-13-4-6-18(14(2)10-13)20(22)21-15(3)11-16-5-7-19-17(12-16)8-9-23-19/h4-7,10,12,15H,8-9,11H2,1-3H3,(H,21,22). The zero-order valence-electron chi connectivity index (χ0n) is 14.0. The largest absolute Gasteiger partial charge is 0.493 e. The zero-order valence-corrected chi connectivity index (χ0v) is 14.0. The van der Waals surface area contributed by atoms with Crippen LogP contribution in [0.4, 0.5) is 0 Å². The molecule has 0 bridgehead atoms. The van der Waals surface area contributed by atoms with E-state index in [-0.39, 0.29) is 11.9 Å². The van der Waals surface area contributed by atoms with Crippen LogP contribution in [0.1, 0.15) is 39.5 Å². The number of fused-ring (bicyclic) bond motifs is 1. The Morgan fingerprint density at radius 3 is 2.83 bits per heavy atom. The molecule has 0 saturated heterocycles. The van der Waals surface area contributed by atoms with Crippen molar-refractivity contribution in [1.29, 1.82) is 0 Å².